The van der Waals surface area contributed by atoms with E-state index in [-0.39, 0.29) is 17.2 Å². The van der Waals surface area contributed by atoms with Crippen LogP contribution in [0.3, 0.4) is 0 Å². The van der Waals surface area contributed by atoms with Crippen molar-refractivity contribution in [3.63, 3.8) is 0 Å². The molecule has 0 radical (unpaired) electrons. The van der Waals surface area contributed by atoms with Crippen molar-refractivity contribution >= 4 is 5.97 Å². The molecular weight excluding hydrogens is 426 g/mol. The largest absolute Gasteiger partial charge is 0.506 e. The predicted octanol–water partition coefficient (Wildman–Crippen LogP) is 2.22. The number of aromatic nitrogens is 1. The van der Waals surface area contributed by atoms with Crippen molar-refractivity contribution in [2.75, 3.05) is 14.2 Å². The zero-order valence-electron chi connectivity index (χ0n) is 18.0. The molecule has 5 atom stereocenters. The SMILES string of the molecule is COC(=O)[C@H]1[C@@H](O)[C@@]2(O)c3ncc(O)cc3O[C@@]2(c2ccc(OC)cc2)[C@@H]1c1ccccc1. The van der Waals surface area contributed by atoms with E-state index in [0.717, 1.165) is 0 Å². The zero-order chi connectivity index (χ0) is 23.4. The fourth-order valence-electron chi connectivity index (χ4n) is 5.38. The summed E-state index contributed by atoms with van der Waals surface area (Å²) in [5, 5.41) is 33.8. The maximum atomic E-state index is 13.0. The second kappa shape index (κ2) is 7.47. The van der Waals surface area contributed by atoms with Gasteiger partial charge in [0.25, 0.3) is 0 Å². The van der Waals surface area contributed by atoms with Gasteiger partial charge < -0.3 is 29.5 Å². The van der Waals surface area contributed by atoms with Crippen molar-refractivity contribution in [2.45, 2.75) is 23.2 Å². The Morgan fingerprint density at radius 3 is 2.42 bits per heavy atom. The van der Waals surface area contributed by atoms with Crippen molar-refractivity contribution < 1.29 is 34.3 Å². The number of benzene rings is 2. The molecule has 3 aromatic rings. The molecule has 2 aromatic carbocycles. The molecule has 33 heavy (non-hydrogen) atoms. The number of pyridine rings is 1. The highest BCUT2D eigenvalue weighted by molar-refractivity contribution is 5.77. The summed E-state index contributed by atoms with van der Waals surface area (Å²) >= 11 is 0. The molecule has 8 heteroatoms. The first-order valence-corrected chi connectivity index (χ1v) is 10.4. The molecule has 0 bridgehead atoms. The highest BCUT2D eigenvalue weighted by Crippen LogP contribution is 2.68. The van der Waals surface area contributed by atoms with E-state index in [1.807, 2.05) is 18.2 Å². The molecule has 8 nitrogen and oxygen atoms in total. The van der Waals surface area contributed by atoms with Crippen LogP contribution in [0.15, 0.2) is 66.9 Å². The summed E-state index contributed by atoms with van der Waals surface area (Å²) in [4.78, 5) is 17.2. The third kappa shape index (κ3) is 2.71. The standard InChI is InChI=1S/C25H23NO7/c1-31-17-10-8-15(9-11-17)25-20(14-6-4-3-5-7-14)19(23(29)32-2)22(28)24(25,30)21-18(33-25)12-16(27)13-26-21/h3-13,19-20,22,27-28,30H,1-2H3/t19-,20-,22-,24+,25+/m1/s1. The molecule has 1 aliphatic heterocycles. The summed E-state index contributed by atoms with van der Waals surface area (Å²) in [6.07, 6.45) is -0.449. The van der Waals surface area contributed by atoms with Gasteiger partial charge in [0, 0.05) is 12.0 Å². The number of hydrogen-bond donors (Lipinski definition) is 3. The van der Waals surface area contributed by atoms with Crippen LogP contribution in [0.1, 0.15) is 22.7 Å². The van der Waals surface area contributed by atoms with Crippen molar-refractivity contribution in [3.8, 4) is 17.2 Å². The second-order valence-electron chi connectivity index (χ2n) is 8.25. The lowest BCUT2D eigenvalue weighted by molar-refractivity contribution is -0.162. The third-order valence-corrected chi connectivity index (χ3v) is 6.75. The highest BCUT2D eigenvalue weighted by Gasteiger charge is 2.78. The summed E-state index contributed by atoms with van der Waals surface area (Å²) in [5.74, 6) is -2.14. The molecule has 1 aliphatic carbocycles. The van der Waals surface area contributed by atoms with Gasteiger partial charge in [-0.3, -0.25) is 9.78 Å². The zero-order valence-corrected chi connectivity index (χ0v) is 18.0. The van der Waals surface area contributed by atoms with Gasteiger partial charge in [0.1, 0.15) is 29.0 Å². The van der Waals surface area contributed by atoms with E-state index in [2.05, 4.69) is 4.98 Å². The molecule has 2 heterocycles. The van der Waals surface area contributed by atoms with Crippen molar-refractivity contribution in [3.05, 3.63) is 83.7 Å². The molecule has 1 fully saturated rings. The van der Waals surface area contributed by atoms with Gasteiger partial charge in [-0.05, 0) is 23.3 Å². The fourth-order valence-corrected chi connectivity index (χ4v) is 5.38. The van der Waals surface area contributed by atoms with Gasteiger partial charge in [0.05, 0.1) is 26.3 Å². The number of methoxy groups -OCH3 is 2. The monoisotopic (exact) mass is 449 g/mol. The van der Waals surface area contributed by atoms with Crippen LogP contribution in [-0.2, 0) is 20.7 Å². The van der Waals surface area contributed by atoms with Crippen molar-refractivity contribution in [2.24, 2.45) is 5.92 Å². The lowest BCUT2D eigenvalue weighted by atomic mass is 9.71. The van der Waals surface area contributed by atoms with Crippen LogP contribution < -0.4 is 9.47 Å². The van der Waals surface area contributed by atoms with E-state index in [1.165, 1.54) is 26.5 Å². The Balaban J connectivity index is 1.85. The lowest BCUT2D eigenvalue weighted by Crippen LogP contribution is -2.52. The number of aromatic hydroxyl groups is 1. The summed E-state index contributed by atoms with van der Waals surface area (Å²) in [6, 6.07) is 17.3. The first-order chi connectivity index (χ1) is 15.9. The normalized spacial score (nSPS) is 29.6. The van der Waals surface area contributed by atoms with Gasteiger partial charge in [0.2, 0.25) is 0 Å². The van der Waals surface area contributed by atoms with Gasteiger partial charge in [-0.1, -0.05) is 42.5 Å². The summed E-state index contributed by atoms with van der Waals surface area (Å²) in [5.41, 5.74) is -2.57. The van der Waals surface area contributed by atoms with Gasteiger partial charge in [-0.2, -0.15) is 0 Å². The van der Waals surface area contributed by atoms with Crippen LogP contribution in [0.2, 0.25) is 0 Å². The number of carbonyl (C=O) groups is 1. The average molecular weight is 449 g/mol. The second-order valence-corrected chi connectivity index (χ2v) is 8.25. The summed E-state index contributed by atoms with van der Waals surface area (Å²) in [6.45, 7) is 0. The molecule has 1 saturated carbocycles. The van der Waals surface area contributed by atoms with Gasteiger partial charge in [-0.25, -0.2) is 0 Å². The number of ether oxygens (including phenoxy) is 3. The van der Waals surface area contributed by atoms with Crippen LogP contribution >= 0.6 is 0 Å². The van der Waals surface area contributed by atoms with Crippen LogP contribution in [-0.4, -0.2) is 46.6 Å². The maximum Gasteiger partial charge on any atom is 0.312 e. The van der Waals surface area contributed by atoms with E-state index in [1.54, 1.807) is 36.4 Å². The van der Waals surface area contributed by atoms with Crippen LogP contribution in [0.5, 0.6) is 17.2 Å². The van der Waals surface area contributed by atoms with Crippen molar-refractivity contribution in [1.82, 2.24) is 4.98 Å². The third-order valence-electron chi connectivity index (χ3n) is 6.75. The number of aliphatic hydroxyl groups is 2. The number of hydrogen-bond acceptors (Lipinski definition) is 8. The van der Waals surface area contributed by atoms with Crippen LogP contribution in [0.25, 0.3) is 0 Å². The quantitative estimate of drug-likeness (QED) is 0.519. The first kappa shape index (κ1) is 21.2. The molecule has 0 amide bonds. The Morgan fingerprint density at radius 2 is 1.79 bits per heavy atom. The van der Waals surface area contributed by atoms with E-state index in [4.69, 9.17) is 14.2 Å². The summed E-state index contributed by atoms with van der Waals surface area (Å²) < 4.78 is 16.8. The van der Waals surface area contributed by atoms with Gasteiger partial charge >= 0.3 is 5.97 Å². The number of carbonyl (C=O) groups excluding carboxylic acids is 1. The van der Waals surface area contributed by atoms with E-state index < -0.39 is 35.1 Å². The Bertz CT molecular complexity index is 1200. The van der Waals surface area contributed by atoms with Gasteiger partial charge in [-0.15, -0.1) is 0 Å². The Morgan fingerprint density at radius 1 is 1.09 bits per heavy atom. The minimum atomic E-state index is -2.12. The number of rotatable bonds is 4. The number of fused-ring (bicyclic) bond motifs is 3. The number of nitrogens with zero attached hydrogens (tertiary/aromatic N) is 1. The maximum absolute atomic E-state index is 13.0. The molecule has 0 saturated heterocycles. The lowest BCUT2D eigenvalue weighted by Gasteiger charge is -2.40. The van der Waals surface area contributed by atoms with Crippen molar-refractivity contribution in [1.29, 1.82) is 0 Å². The summed E-state index contributed by atoms with van der Waals surface area (Å²) in [7, 11) is 2.78. The molecule has 2 aliphatic rings. The Kier molecular flexibility index (Phi) is 4.81. The fraction of sp³-hybridized carbons (Fsp3) is 0.280. The molecule has 0 spiro atoms. The van der Waals surface area contributed by atoms with Gasteiger partial charge in [0.15, 0.2) is 11.2 Å². The highest BCUT2D eigenvalue weighted by atomic mass is 16.5. The van der Waals surface area contributed by atoms with E-state index in [0.29, 0.717) is 16.9 Å². The molecule has 0 unspecified atom stereocenters. The topological polar surface area (TPSA) is 118 Å². The molecule has 1 aromatic heterocycles. The minimum absolute atomic E-state index is 0.0379. The first-order valence-electron chi connectivity index (χ1n) is 10.4. The van der Waals surface area contributed by atoms with Crippen LogP contribution in [0.4, 0.5) is 0 Å². The Hall–Kier alpha value is -3.62. The Labute approximate surface area is 190 Å². The predicted molar refractivity (Wildman–Crippen MR) is 116 cm³/mol. The molecular formula is C25H23NO7. The molecule has 3 N–H and O–H groups in total. The minimum Gasteiger partial charge on any atom is -0.506 e. The van der Waals surface area contributed by atoms with E-state index >= 15 is 0 Å². The van der Waals surface area contributed by atoms with Crippen LogP contribution in [0, 0.1) is 5.92 Å². The average Bonchev–Trinajstić information content (AvgIpc) is 3.21. The number of aliphatic hydroxyl groups excluding tert-OH is 1. The smallest absolute Gasteiger partial charge is 0.312 e. The molecule has 170 valence electrons. The van der Waals surface area contributed by atoms with E-state index in [9.17, 15) is 20.1 Å². The number of esters is 1. The molecule has 5 rings (SSSR count).